The van der Waals surface area contributed by atoms with E-state index in [0.29, 0.717) is 29.2 Å². The van der Waals surface area contributed by atoms with Crippen molar-refractivity contribution in [3.63, 3.8) is 0 Å². The molecule has 4 rings (SSSR count). The van der Waals surface area contributed by atoms with Gasteiger partial charge in [-0.2, -0.15) is 12.6 Å². The number of nitrogens with zero attached hydrogens (tertiary/aromatic N) is 2. The Kier molecular flexibility index (Phi) is 7.75. The van der Waals surface area contributed by atoms with Crippen LogP contribution in [0.2, 0.25) is 0 Å². The lowest BCUT2D eigenvalue weighted by Gasteiger charge is -2.28. The summed E-state index contributed by atoms with van der Waals surface area (Å²) in [4.78, 5) is 19.8. The standard InChI is InChI=1S/C24H35N3O3S/c28-19(29)9-5-2-6-14-25-23-21-20(16-10-12-18(31)13-11-16)22(17-7-3-1-4-8-17)30-24(21)27-15-26-23/h15-18,31H,1-14H2,(H,28,29)(H,25,26,27). The van der Waals surface area contributed by atoms with Crippen molar-refractivity contribution in [3.8, 4) is 0 Å². The molecule has 2 heterocycles. The summed E-state index contributed by atoms with van der Waals surface area (Å²) in [5, 5.41) is 13.9. The third-order valence-electron chi connectivity index (χ3n) is 6.99. The second kappa shape index (κ2) is 10.7. The number of carboxylic acids is 1. The van der Waals surface area contributed by atoms with Gasteiger partial charge in [-0.3, -0.25) is 4.79 Å². The van der Waals surface area contributed by atoms with E-state index < -0.39 is 5.97 Å². The van der Waals surface area contributed by atoms with Crippen molar-refractivity contribution in [1.29, 1.82) is 0 Å². The quantitative estimate of drug-likeness (QED) is 0.311. The third-order valence-corrected chi connectivity index (χ3v) is 7.51. The topological polar surface area (TPSA) is 88.2 Å². The summed E-state index contributed by atoms with van der Waals surface area (Å²) in [5.41, 5.74) is 2.07. The largest absolute Gasteiger partial charge is 0.481 e. The zero-order valence-corrected chi connectivity index (χ0v) is 19.2. The summed E-state index contributed by atoms with van der Waals surface area (Å²) < 4.78 is 6.46. The Morgan fingerprint density at radius 3 is 2.55 bits per heavy atom. The SMILES string of the molecule is O=C(O)CCCCCNc1ncnc2oc(C3CCCCC3)c(C3CCC(S)CC3)c12. The van der Waals surface area contributed by atoms with Gasteiger partial charge in [-0.05, 0) is 57.3 Å². The second-order valence-electron chi connectivity index (χ2n) is 9.25. The summed E-state index contributed by atoms with van der Waals surface area (Å²) in [7, 11) is 0. The molecule has 2 N–H and O–H groups in total. The van der Waals surface area contributed by atoms with E-state index in [4.69, 9.17) is 22.2 Å². The molecule has 0 unspecified atom stereocenters. The smallest absolute Gasteiger partial charge is 0.303 e. The minimum Gasteiger partial charge on any atom is -0.481 e. The average molecular weight is 446 g/mol. The van der Waals surface area contributed by atoms with E-state index >= 15 is 0 Å². The Bertz CT molecular complexity index is 870. The van der Waals surface area contributed by atoms with Crippen molar-refractivity contribution in [1.82, 2.24) is 9.97 Å². The molecule has 0 aliphatic heterocycles. The molecule has 170 valence electrons. The first-order chi connectivity index (χ1) is 15.1. The lowest BCUT2D eigenvalue weighted by Crippen LogP contribution is -2.16. The fraction of sp³-hybridized carbons (Fsp3) is 0.708. The van der Waals surface area contributed by atoms with Gasteiger partial charge in [-0.15, -0.1) is 0 Å². The van der Waals surface area contributed by atoms with E-state index in [1.165, 1.54) is 43.4 Å². The fourth-order valence-corrected chi connectivity index (χ4v) is 5.63. The molecule has 0 amide bonds. The van der Waals surface area contributed by atoms with E-state index in [9.17, 15) is 4.79 Å². The van der Waals surface area contributed by atoms with Crippen LogP contribution in [0, 0.1) is 0 Å². The molecule has 2 aromatic rings. The number of carbonyl (C=O) groups is 1. The van der Waals surface area contributed by atoms with Crippen molar-refractivity contribution in [2.45, 2.75) is 101 Å². The number of nitrogens with one attached hydrogen (secondary N) is 1. The van der Waals surface area contributed by atoms with Crippen LogP contribution in [0.4, 0.5) is 5.82 Å². The van der Waals surface area contributed by atoms with Crippen molar-refractivity contribution in [2.75, 3.05) is 11.9 Å². The molecular weight excluding hydrogens is 410 g/mol. The van der Waals surface area contributed by atoms with Gasteiger partial charge in [-0.1, -0.05) is 25.7 Å². The number of rotatable bonds is 9. The lowest BCUT2D eigenvalue weighted by atomic mass is 9.78. The second-order valence-corrected chi connectivity index (χ2v) is 9.98. The fourth-order valence-electron chi connectivity index (χ4n) is 5.33. The summed E-state index contributed by atoms with van der Waals surface area (Å²) in [6, 6.07) is 0. The molecule has 0 spiro atoms. The number of aliphatic carboxylic acids is 1. The first kappa shape index (κ1) is 22.4. The zero-order chi connectivity index (χ0) is 21.6. The molecule has 6 nitrogen and oxygen atoms in total. The van der Waals surface area contributed by atoms with Gasteiger partial charge in [0, 0.05) is 29.7 Å². The van der Waals surface area contributed by atoms with Crippen molar-refractivity contribution in [2.24, 2.45) is 0 Å². The van der Waals surface area contributed by atoms with Crippen LogP contribution in [-0.2, 0) is 4.79 Å². The number of fused-ring (bicyclic) bond motifs is 1. The van der Waals surface area contributed by atoms with E-state index in [-0.39, 0.29) is 6.42 Å². The minimum absolute atomic E-state index is 0.238. The maximum Gasteiger partial charge on any atom is 0.303 e. The Morgan fingerprint density at radius 2 is 1.81 bits per heavy atom. The Hall–Kier alpha value is -1.76. The van der Waals surface area contributed by atoms with Crippen LogP contribution >= 0.6 is 12.6 Å². The lowest BCUT2D eigenvalue weighted by molar-refractivity contribution is -0.137. The first-order valence-corrected chi connectivity index (χ1v) is 12.6. The van der Waals surface area contributed by atoms with Gasteiger partial charge in [0.15, 0.2) is 0 Å². The van der Waals surface area contributed by atoms with Gasteiger partial charge in [0.25, 0.3) is 0 Å². The summed E-state index contributed by atoms with van der Waals surface area (Å²) in [6.45, 7) is 0.776. The van der Waals surface area contributed by atoms with Crippen molar-refractivity contribution < 1.29 is 14.3 Å². The summed E-state index contributed by atoms with van der Waals surface area (Å²) in [5.74, 6) is 2.30. The van der Waals surface area contributed by atoms with Gasteiger partial charge in [0.2, 0.25) is 5.71 Å². The summed E-state index contributed by atoms with van der Waals surface area (Å²) in [6.07, 6.45) is 15.2. The number of anilines is 1. The van der Waals surface area contributed by atoms with Crippen LogP contribution in [0.1, 0.15) is 107 Å². The van der Waals surface area contributed by atoms with E-state index in [1.807, 2.05) is 0 Å². The predicted octanol–water partition coefficient (Wildman–Crippen LogP) is 6.28. The minimum atomic E-state index is -0.723. The van der Waals surface area contributed by atoms with Crippen LogP contribution in [0.15, 0.2) is 10.7 Å². The predicted molar refractivity (Wildman–Crippen MR) is 126 cm³/mol. The molecule has 2 saturated carbocycles. The van der Waals surface area contributed by atoms with Crippen molar-refractivity contribution in [3.05, 3.63) is 17.7 Å². The van der Waals surface area contributed by atoms with Crippen LogP contribution in [0.3, 0.4) is 0 Å². The monoisotopic (exact) mass is 445 g/mol. The van der Waals surface area contributed by atoms with Crippen LogP contribution in [-0.4, -0.2) is 32.8 Å². The molecule has 7 heteroatoms. The molecule has 31 heavy (non-hydrogen) atoms. The molecule has 2 aliphatic carbocycles. The van der Waals surface area contributed by atoms with E-state index in [1.54, 1.807) is 6.33 Å². The number of aromatic nitrogens is 2. The number of carboxylic acid groups (broad SMARTS) is 1. The highest BCUT2D eigenvalue weighted by Gasteiger charge is 2.32. The molecule has 0 radical (unpaired) electrons. The van der Waals surface area contributed by atoms with E-state index in [2.05, 4.69) is 15.3 Å². The molecular formula is C24H35N3O3S. The number of hydrogen-bond donors (Lipinski definition) is 3. The molecule has 2 aromatic heterocycles. The zero-order valence-electron chi connectivity index (χ0n) is 18.3. The van der Waals surface area contributed by atoms with Gasteiger partial charge < -0.3 is 14.8 Å². The highest BCUT2D eigenvalue weighted by atomic mass is 32.1. The van der Waals surface area contributed by atoms with Gasteiger partial charge in [0.1, 0.15) is 17.9 Å². The van der Waals surface area contributed by atoms with E-state index in [0.717, 1.165) is 56.3 Å². The number of furan rings is 1. The highest BCUT2D eigenvalue weighted by molar-refractivity contribution is 7.80. The van der Waals surface area contributed by atoms with Gasteiger partial charge in [-0.25, -0.2) is 9.97 Å². The average Bonchev–Trinajstić information content (AvgIpc) is 3.17. The summed E-state index contributed by atoms with van der Waals surface area (Å²) >= 11 is 4.71. The molecule has 0 aromatic carbocycles. The van der Waals surface area contributed by atoms with Crippen LogP contribution in [0.25, 0.3) is 11.1 Å². The molecule has 2 fully saturated rings. The molecule has 2 aliphatic rings. The molecule has 0 saturated heterocycles. The van der Waals surface area contributed by atoms with Gasteiger partial charge >= 0.3 is 5.97 Å². The first-order valence-electron chi connectivity index (χ1n) is 12.0. The Balaban J connectivity index is 1.58. The molecule has 0 atom stereocenters. The van der Waals surface area contributed by atoms with Gasteiger partial charge in [0.05, 0.1) is 5.39 Å². The van der Waals surface area contributed by atoms with Crippen molar-refractivity contribution >= 4 is 35.5 Å². The highest BCUT2D eigenvalue weighted by Crippen LogP contribution is 2.47. The number of hydrogen-bond acceptors (Lipinski definition) is 6. The molecule has 0 bridgehead atoms. The maximum absolute atomic E-state index is 10.7. The van der Waals surface area contributed by atoms with Crippen LogP contribution in [0.5, 0.6) is 0 Å². The number of unbranched alkanes of at least 4 members (excludes halogenated alkanes) is 2. The normalized spacial score (nSPS) is 22.6. The Labute approximate surface area is 190 Å². The van der Waals surface area contributed by atoms with Crippen LogP contribution < -0.4 is 5.32 Å². The third kappa shape index (κ3) is 5.54. The Morgan fingerprint density at radius 1 is 1.03 bits per heavy atom. The number of thiol groups is 1. The maximum atomic E-state index is 10.7.